The number of imide groups is 1. The van der Waals surface area contributed by atoms with E-state index in [2.05, 4.69) is 29.5 Å². The number of anilines is 2. The molecule has 1 N–H and O–H groups in total. The van der Waals surface area contributed by atoms with Crippen LogP contribution in [-0.2, 0) is 14.4 Å². The minimum atomic E-state index is -0.951. The second kappa shape index (κ2) is 8.17. The number of methoxy groups -OCH3 is 1. The second-order valence-corrected chi connectivity index (χ2v) is 7.73. The smallest absolute Gasteiger partial charge is 0.263 e. The molecule has 0 bridgehead atoms. The summed E-state index contributed by atoms with van der Waals surface area (Å²) in [6.07, 6.45) is 0. The normalized spacial score (nSPS) is 19.9. The molecule has 0 spiro atoms. The van der Waals surface area contributed by atoms with E-state index in [0.717, 1.165) is 4.90 Å². The van der Waals surface area contributed by atoms with Gasteiger partial charge in [-0.3, -0.25) is 19.4 Å². The molecule has 0 aliphatic carbocycles. The van der Waals surface area contributed by atoms with Crippen molar-refractivity contribution in [3.8, 4) is 5.75 Å². The van der Waals surface area contributed by atoms with Crippen molar-refractivity contribution in [3.05, 3.63) is 54.1 Å². The summed E-state index contributed by atoms with van der Waals surface area (Å²) in [4.78, 5) is 39.3. The van der Waals surface area contributed by atoms with Gasteiger partial charge in [0.05, 0.1) is 12.8 Å². The standard InChI is InChI=1S/C22H23N5O4/c1-13(2)14-4-6-15(7-5-14)23-18(28)12-26-20-19(24-25-26)21(29)27(22(20)30)16-8-10-17(31-3)11-9-16/h4-11,13,19-20H,12H2,1-3H3,(H,23,28)/t19-,20+/m1/s1. The molecular weight excluding hydrogens is 398 g/mol. The first-order valence-electron chi connectivity index (χ1n) is 9.98. The molecule has 31 heavy (non-hydrogen) atoms. The van der Waals surface area contributed by atoms with E-state index in [1.807, 2.05) is 24.3 Å². The molecule has 0 radical (unpaired) electrons. The summed E-state index contributed by atoms with van der Waals surface area (Å²) in [5.74, 6) is -0.260. The van der Waals surface area contributed by atoms with Crippen LogP contribution in [0.5, 0.6) is 5.75 Å². The third kappa shape index (κ3) is 3.86. The molecule has 0 saturated carbocycles. The summed E-state index contributed by atoms with van der Waals surface area (Å²) in [5.41, 5.74) is 2.24. The summed E-state index contributed by atoms with van der Waals surface area (Å²) in [7, 11) is 1.54. The van der Waals surface area contributed by atoms with Crippen LogP contribution >= 0.6 is 0 Å². The highest BCUT2D eigenvalue weighted by atomic mass is 16.5. The highest BCUT2D eigenvalue weighted by Gasteiger charge is 2.55. The number of rotatable bonds is 6. The third-order valence-corrected chi connectivity index (χ3v) is 5.36. The maximum atomic E-state index is 13.0. The zero-order chi connectivity index (χ0) is 22.1. The molecule has 4 rings (SSSR count). The van der Waals surface area contributed by atoms with Gasteiger partial charge in [-0.2, -0.15) is 5.11 Å². The lowest BCUT2D eigenvalue weighted by Crippen LogP contribution is -2.43. The molecule has 3 amide bonds. The fraction of sp³-hybridized carbons (Fsp3) is 0.318. The molecule has 9 nitrogen and oxygen atoms in total. The van der Waals surface area contributed by atoms with Gasteiger partial charge in [-0.1, -0.05) is 31.2 Å². The van der Waals surface area contributed by atoms with Crippen molar-refractivity contribution in [1.82, 2.24) is 5.01 Å². The van der Waals surface area contributed by atoms with Crippen LogP contribution in [0.15, 0.2) is 58.9 Å². The van der Waals surface area contributed by atoms with Crippen LogP contribution in [0.1, 0.15) is 25.3 Å². The Morgan fingerprint density at radius 1 is 1.06 bits per heavy atom. The van der Waals surface area contributed by atoms with E-state index in [-0.39, 0.29) is 12.5 Å². The Bertz CT molecular complexity index is 1030. The SMILES string of the molecule is COc1ccc(N2C(=O)[C@@H]3[C@@H](N=NN3CC(=O)Nc3ccc(C(C)C)cc3)C2=O)cc1. The lowest BCUT2D eigenvalue weighted by Gasteiger charge is -2.20. The Morgan fingerprint density at radius 2 is 1.74 bits per heavy atom. The predicted octanol–water partition coefficient (Wildman–Crippen LogP) is 2.75. The molecule has 0 aromatic heterocycles. The van der Waals surface area contributed by atoms with Crippen LogP contribution in [-0.4, -0.2) is 48.5 Å². The largest absolute Gasteiger partial charge is 0.497 e. The van der Waals surface area contributed by atoms with Gasteiger partial charge in [0.2, 0.25) is 5.91 Å². The molecular formula is C22H23N5O4. The number of carbonyl (C=O) groups excluding carboxylic acids is 3. The van der Waals surface area contributed by atoms with E-state index in [0.29, 0.717) is 23.0 Å². The average molecular weight is 421 g/mol. The molecule has 1 fully saturated rings. The molecule has 2 aromatic carbocycles. The van der Waals surface area contributed by atoms with Gasteiger partial charge in [-0.15, -0.1) is 0 Å². The Hall–Kier alpha value is -3.75. The molecule has 2 aliphatic heterocycles. The van der Waals surface area contributed by atoms with E-state index >= 15 is 0 Å². The molecule has 160 valence electrons. The highest BCUT2D eigenvalue weighted by Crippen LogP contribution is 2.32. The third-order valence-electron chi connectivity index (χ3n) is 5.36. The summed E-state index contributed by atoms with van der Waals surface area (Å²) < 4.78 is 5.11. The van der Waals surface area contributed by atoms with Crippen molar-refractivity contribution >= 4 is 29.1 Å². The van der Waals surface area contributed by atoms with Crippen molar-refractivity contribution in [3.63, 3.8) is 0 Å². The van der Waals surface area contributed by atoms with Gasteiger partial charge >= 0.3 is 0 Å². The van der Waals surface area contributed by atoms with Gasteiger partial charge in [-0.25, -0.2) is 4.90 Å². The molecule has 2 aromatic rings. The van der Waals surface area contributed by atoms with E-state index in [4.69, 9.17) is 4.74 Å². The Labute approximate surface area is 179 Å². The Balaban J connectivity index is 1.44. The topological polar surface area (TPSA) is 104 Å². The molecule has 9 heteroatoms. The maximum Gasteiger partial charge on any atom is 0.263 e. The van der Waals surface area contributed by atoms with Crippen molar-refractivity contribution in [2.24, 2.45) is 10.3 Å². The van der Waals surface area contributed by atoms with Crippen LogP contribution in [0.25, 0.3) is 0 Å². The highest BCUT2D eigenvalue weighted by molar-refractivity contribution is 6.25. The van der Waals surface area contributed by atoms with Crippen LogP contribution in [0.2, 0.25) is 0 Å². The molecule has 0 unspecified atom stereocenters. The number of carbonyl (C=O) groups is 3. The number of ether oxygens (including phenoxy) is 1. The van der Waals surface area contributed by atoms with Gasteiger partial charge in [0.1, 0.15) is 12.3 Å². The summed E-state index contributed by atoms with van der Waals surface area (Å²) in [5, 5.41) is 11.9. The lowest BCUT2D eigenvalue weighted by atomic mass is 10.0. The van der Waals surface area contributed by atoms with Gasteiger partial charge in [0.25, 0.3) is 11.8 Å². The van der Waals surface area contributed by atoms with Crippen molar-refractivity contribution < 1.29 is 19.1 Å². The zero-order valence-electron chi connectivity index (χ0n) is 17.5. The van der Waals surface area contributed by atoms with Crippen LogP contribution in [0.3, 0.4) is 0 Å². The number of amides is 3. The first-order chi connectivity index (χ1) is 14.9. The summed E-state index contributed by atoms with van der Waals surface area (Å²) >= 11 is 0. The van der Waals surface area contributed by atoms with Crippen LogP contribution < -0.4 is 15.0 Å². The van der Waals surface area contributed by atoms with Gasteiger partial charge in [-0.05, 0) is 47.9 Å². The maximum absolute atomic E-state index is 13.0. The first-order valence-corrected chi connectivity index (χ1v) is 9.98. The fourth-order valence-corrected chi connectivity index (χ4v) is 3.64. The Morgan fingerprint density at radius 3 is 2.35 bits per heavy atom. The van der Waals surface area contributed by atoms with E-state index in [9.17, 15) is 14.4 Å². The molecule has 1 saturated heterocycles. The number of benzene rings is 2. The number of nitrogens with zero attached hydrogens (tertiary/aromatic N) is 4. The van der Waals surface area contributed by atoms with E-state index in [1.165, 1.54) is 17.7 Å². The predicted molar refractivity (Wildman–Crippen MR) is 114 cm³/mol. The molecule has 2 aliphatic rings. The Kier molecular flexibility index (Phi) is 5.41. The average Bonchev–Trinajstić information content (AvgIpc) is 3.28. The fourth-order valence-electron chi connectivity index (χ4n) is 3.64. The minimum Gasteiger partial charge on any atom is -0.497 e. The first kappa shape index (κ1) is 20.5. The monoisotopic (exact) mass is 421 g/mol. The quantitative estimate of drug-likeness (QED) is 0.723. The van der Waals surface area contributed by atoms with E-state index in [1.54, 1.807) is 24.3 Å². The van der Waals surface area contributed by atoms with Gasteiger partial charge < -0.3 is 10.1 Å². The zero-order valence-corrected chi connectivity index (χ0v) is 17.5. The van der Waals surface area contributed by atoms with E-state index < -0.39 is 23.9 Å². The number of nitrogens with one attached hydrogen (secondary N) is 1. The summed E-state index contributed by atoms with van der Waals surface area (Å²) in [6, 6.07) is 12.3. The number of hydrogen-bond acceptors (Lipinski definition) is 7. The second-order valence-electron chi connectivity index (χ2n) is 7.73. The van der Waals surface area contributed by atoms with Crippen molar-refractivity contribution in [2.45, 2.75) is 31.8 Å². The van der Waals surface area contributed by atoms with Crippen LogP contribution in [0, 0.1) is 0 Å². The van der Waals surface area contributed by atoms with Gasteiger partial charge in [0, 0.05) is 5.69 Å². The molecule has 2 heterocycles. The van der Waals surface area contributed by atoms with Crippen LogP contribution in [0.4, 0.5) is 11.4 Å². The lowest BCUT2D eigenvalue weighted by molar-refractivity contribution is -0.123. The summed E-state index contributed by atoms with van der Waals surface area (Å²) in [6.45, 7) is 4.00. The number of fused-ring (bicyclic) bond motifs is 1. The minimum absolute atomic E-state index is 0.188. The van der Waals surface area contributed by atoms with Gasteiger partial charge in [0.15, 0.2) is 12.1 Å². The van der Waals surface area contributed by atoms with Crippen molar-refractivity contribution in [1.29, 1.82) is 0 Å². The number of hydrogen-bond donors (Lipinski definition) is 1. The van der Waals surface area contributed by atoms with Crippen molar-refractivity contribution in [2.75, 3.05) is 23.9 Å². The molecule has 2 atom stereocenters.